The van der Waals surface area contributed by atoms with Gasteiger partial charge in [0, 0.05) is 19.1 Å². The molecule has 4 nitrogen and oxygen atoms in total. The number of carbonyl (C=O) groups excluding carboxylic acids is 1. The summed E-state index contributed by atoms with van der Waals surface area (Å²) in [5.41, 5.74) is 0.102. The van der Waals surface area contributed by atoms with Crippen molar-refractivity contribution in [3.05, 3.63) is 35.4 Å². The van der Waals surface area contributed by atoms with Gasteiger partial charge < -0.3 is 15.4 Å². The van der Waals surface area contributed by atoms with Crippen LogP contribution in [0.25, 0.3) is 0 Å². The van der Waals surface area contributed by atoms with Gasteiger partial charge in [0.25, 0.3) is 0 Å². The number of carbonyl (C=O) groups is 1. The molecule has 0 radical (unpaired) electrons. The highest BCUT2D eigenvalue weighted by molar-refractivity contribution is 5.67. The van der Waals surface area contributed by atoms with E-state index in [2.05, 4.69) is 10.6 Å². The Morgan fingerprint density at radius 2 is 1.95 bits per heavy atom. The monoisotopic (exact) mass is 300 g/mol. The molecule has 1 rings (SSSR count). The Balaban J connectivity index is 2.32. The van der Waals surface area contributed by atoms with Gasteiger partial charge in [0.2, 0.25) is 0 Å². The second-order valence-electron chi connectivity index (χ2n) is 5.91. The molecule has 0 aromatic heterocycles. The highest BCUT2D eigenvalue weighted by Gasteiger charge is 2.16. The van der Waals surface area contributed by atoms with Crippen molar-refractivity contribution in [3.63, 3.8) is 0 Å². The van der Waals surface area contributed by atoms with Crippen molar-refractivity contribution in [2.75, 3.05) is 6.54 Å². The van der Waals surface area contributed by atoms with Gasteiger partial charge >= 0.3 is 6.09 Å². The first kappa shape index (κ1) is 17.4. The van der Waals surface area contributed by atoms with Gasteiger partial charge in [0.15, 0.2) is 11.6 Å². The second kappa shape index (κ2) is 7.36. The number of amides is 1. The molecule has 1 aromatic rings. The maximum Gasteiger partial charge on any atom is 0.407 e. The van der Waals surface area contributed by atoms with Crippen molar-refractivity contribution in [1.82, 2.24) is 10.6 Å². The number of rotatable bonds is 5. The quantitative estimate of drug-likeness (QED) is 0.879. The van der Waals surface area contributed by atoms with Gasteiger partial charge in [-0.15, -0.1) is 0 Å². The smallest absolute Gasteiger partial charge is 0.407 e. The van der Waals surface area contributed by atoms with E-state index in [-0.39, 0.29) is 6.04 Å². The van der Waals surface area contributed by atoms with Crippen molar-refractivity contribution < 1.29 is 18.3 Å². The van der Waals surface area contributed by atoms with E-state index in [4.69, 9.17) is 4.74 Å². The zero-order chi connectivity index (χ0) is 16.0. The summed E-state index contributed by atoms with van der Waals surface area (Å²) in [6, 6.07) is 3.72. The second-order valence-corrected chi connectivity index (χ2v) is 5.91. The third-order valence-electron chi connectivity index (χ3n) is 2.59. The Morgan fingerprint density at radius 3 is 2.52 bits per heavy atom. The summed E-state index contributed by atoms with van der Waals surface area (Å²) in [5, 5.41) is 5.74. The van der Waals surface area contributed by atoms with Crippen LogP contribution in [0.3, 0.4) is 0 Å². The SMILES string of the molecule is CC(CNC(=O)OC(C)(C)C)NCc1ccc(F)c(F)c1. The molecule has 0 aliphatic carbocycles. The lowest BCUT2D eigenvalue weighted by Gasteiger charge is -2.21. The molecule has 0 aliphatic rings. The van der Waals surface area contributed by atoms with Crippen LogP contribution < -0.4 is 10.6 Å². The Morgan fingerprint density at radius 1 is 1.29 bits per heavy atom. The van der Waals surface area contributed by atoms with Crippen LogP contribution in [0.15, 0.2) is 18.2 Å². The van der Waals surface area contributed by atoms with Crippen LogP contribution in [-0.4, -0.2) is 24.3 Å². The number of hydrogen-bond acceptors (Lipinski definition) is 3. The summed E-state index contributed by atoms with van der Waals surface area (Å²) in [6.45, 7) is 8.00. The van der Waals surface area contributed by atoms with Crippen LogP contribution in [0.2, 0.25) is 0 Å². The van der Waals surface area contributed by atoms with E-state index in [9.17, 15) is 13.6 Å². The van der Waals surface area contributed by atoms with Crippen LogP contribution in [0, 0.1) is 11.6 Å². The summed E-state index contributed by atoms with van der Waals surface area (Å²) in [4.78, 5) is 11.5. The number of hydrogen-bond donors (Lipinski definition) is 2. The van der Waals surface area contributed by atoms with Crippen LogP contribution in [-0.2, 0) is 11.3 Å². The fourth-order valence-corrected chi connectivity index (χ4v) is 1.56. The average molecular weight is 300 g/mol. The number of alkyl carbamates (subject to hydrolysis) is 1. The normalized spacial score (nSPS) is 12.9. The van der Waals surface area contributed by atoms with Crippen molar-refractivity contribution in [2.24, 2.45) is 0 Å². The Kier molecular flexibility index (Phi) is 6.08. The van der Waals surface area contributed by atoms with Crippen LogP contribution in [0.1, 0.15) is 33.3 Å². The molecule has 0 aliphatic heterocycles. The standard InChI is InChI=1S/C15H22F2N2O2/c1-10(8-19-14(20)21-15(2,3)4)18-9-11-5-6-12(16)13(17)7-11/h5-7,10,18H,8-9H2,1-4H3,(H,19,20). The van der Waals surface area contributed by atoms with E-state index < -0.39 is 23.3 Å². The molecule has 0 spiro atoms. The molecular formula is C15H22F2N2O2. The average Bonchev–Trinajstić information content (AvgIpc) is 2.36. The largest absolute Gasteiger partial charge is 0.444 e. The number of halogens is 2. The summed E-state index contributed by atoms with van der Waals surface area (Å²) in [6.07, 6.45) is -0.482. The maximum atomic E-state index is 13.0. The van der Waals surface area contributed by atoms with Crippen molar-refractivity contribution in [1.29, 1.82) is 0 Å². The predicted molar refractivity (Wildman–Crippen MR) is 76.9 cm³/mol. The molecule has 1 aromatic carbocycles. The molecule has 0 bridgehead atoms. The molecule has 0 fully saturated rings. The predicted octanol–water partition coefficient (Wildman–Crippen LogP) is 2.97. The van der Waals surface area contributed by atoms with Crippen LogP contribution >= 0.6 is 0 Å². The van der Waals surface area contributed by atoms with Gasteiger partial charge in [0.1, 0.15) is 5.60 Å². The molecule has 118 valence electrons. The third-order valence-corrected chi connectivity index (χ3v) is 2.59. The molecule has 1 amide bonds. The lowest BCUT2D eigenvalue weighted by atomic mass is 10.2. The molecule has 1 atom stereocenters. The number of ether oxygens (including phenoxy) is 1. The van der Waals surface area contributed by atoms with E-state index in [0.717, 1.165) is 12.1 Å². The minimum Gasteiger partial charge on any atom is -0.444 e. The minimum atomic E-state index is -0.867. The summed E-state index contributed by atoms with van der Waals surface area (Å²) in [7, 11) is 0. The van der Waals surface area contributed by atoms with Crippen LogP contribution in [0.4, 0.5) is 13.6 Å². The first-order valence-electron chi connectivity index (χ1n) is 6.81. The molecule has 0 saturated heterocycles. The molecule has 6 heteroatoms. The van der Waals surface area contributed by atoms with Gasteiger partial charge in [-0.25, -0.2) is 13.6 Å². The molecule has 21 heavy (non-hydrogen) atoms. The van der Waals surface area contributed by atoms with Gasteiger partial charge in [-0.2, -0.15) is 0 Å². The van der Waals surface area contributed by atoms with Crippen LogP contribution in [0.5, 0.6) is 0 Å². The fraction of sp³-hybridized carbons (Fsp3) is 0.533. The van der Waals surface area contributed by atoms with Gasteiger partial charge in [0.05, 0.1) is 0 Å². The zero-order valence-corrected chi connectivity index (χ0v) is 12.8. The lowest BCUT2D eigenvalue weighted by molar-refractivity contribution is 0.0523. The number of benzene rings is 1. The van der Waals surface area contributed by atoms with E-state index in [1.165, 1.54) is 6.07 Å². The first-order chi connectivity index (χ1) is 9.67. The maximum absolute atomic E-state index is 13.0. The lowest BCUT2D eigenvalue weighted by Crippen LogP contribution is -2.41. The molecule has 2 N–H and O–H groups in total. The van der Waals surface area contributed by atoms with Gasteiger partial charge in [-0.1, -0.05) is 6.07 Å². The topological polar surface area (TPSA) is 50.4 Å². The Hall–Kier alpha value is -1.69. The highest BCUT2D eigenvalue weighted by Crippen LogP contribution is 2.09. The molecule has 1 unspecified atom stereocenters. The highest BCUT2D eigenvalue weighted by atomic mass is 19.2. The van der Waals surface area contributed by atoms with E-state index in [0.29, 0.717) is 18.7 Å². The Bertz CT molecular complexity index is 487. The van der Waals surface area contributed by atoms with E-state index in [1.54, 1.807) is 20.8 Å². The Labute approximate surface area is 123 Å². The summed E-state index contributed by atoms with van der Waals surface area (Å²) < 4.78 is 30.9. The zero-order valence-electron chi connectivity index (χ0n) is 12.8. The third kappa shape index (κ3) is 7.04. The van der Waals surface area contributed by atoms with Crippen molar-refractivity contribution >= 4 is 6.09 Å². The van der Waals surface area contributed by atoms with E-state index in [1.807, 2.05) is 6.92 Å². The van der Waals surface area contributed by atoms with E-state index >= 15 is 0 Å². The summed E-state index contributed by atoms with van der Waals surface area (Å²) in [5.74, 6) is -1.73. The summed E-state index contributed by atoms with van der Waals surface area (Å²) >= 11 is 0. The fourth-order valence-electron chi connectivity index (χ4n) is 1.56. The minimum absolute atomic E-state index is 0.0365. The molecular weight excluding hydrogens is 278 g/mol. The van der Waals surface area contributed by atoms with Crippen molar-refractivity contribution in [2.45, 2.75) is 45.9 Å². The number of nitrogens with one attached hydrogen (secondary N) is 2. The van der Waals surface area contributed by atoms with Crippen molar-refractivity contribution in [3.8, 4) is 0 Å². The first-order valence-corrected chi connectivity index (χ1v) is 6.81. The van der Waals surface area contributed by atoms with Gasteiger partial charge in [-0.3, -0.25) is 0 Å². The molecule has 0 saturated carbocycles. The van der Waals surface area contributed by atoms with Gasteiger partial charge in [-0.05, 0) is 45.4 Å². The molecule has 0 heterocycles.